The van der Waals surface area contributed by atoms with Crippen LogP contribution in [0.25, 0.3) is 0 Å². The third kappa shape index (κ3) is 6.22. The number of hydrogen-bond acceptors (Lipinski definition) is 4. The maximum Gasteiger partial charge on any atom is 0.187 e. The van der Waals surface area contributed by atoms with Crippen molar-refractivity contribution in [3.05, 3.63) is 71.8 Å². The van der Waals surface area contributed by atoms with Crippen molar-refractivity contribution in [1.29, 1.82) is 0 Å². The van der Waals surface area contributed by atoms with Crippen molar-refractivity contribution in [3.8, 4) is 11.5 Å². The van der Waals surface area contributed by atoms with Gasteiger partial charge in [-0.2, -0.15) is 5.10 Å². The molecule has 0 saturated heterocycles. The van der Waals surface area contributed by atoms with Gasteiger partial charge in [-0.1, -0.05) is 35.9 Å². The Morgan fingerprint density at radius 2 is 2.08 bits per heavy atom. The summed E-state index contributed by atoms with van der Waals surface area (Å²) in [5.74, 6) is 1.33. The van der Waals surface area contributed by atoms with E-state index in [1.807, 2.05) is 30.3 Å². The summed E-state index contributed by atoms with van der Waals surface area (Å²) < 4.78 is 11.3. The number of rotatable bonds is 8. The molecule has 0 heterocycles. The summed E-state index contributed by atoms with van der Waals surface area (Å²) in [5.41, 5.74) is 5.92. The fourth-order valence-corrected chi connectivity index (χ4v) is 2.35. The van der Waals surface area contributed by atoms with Crippen LogP contribution in [0.15, 0.2) is 60.2 Å². The van der Waals surface area contributed by atoms with Crippen LogP contribution < -0.4 is 20.2 Å². The van der Waals surface area contributed by atoms with E-state index in [9.17, 15) is 0 Å². The second kappa shape index (κ2) is 10.2. The Hall–Kier alpha value is -2.86. The molecule has 5 nitrogen and oxygen atoms in total. The lowest BCUT2D eigenvalue weighted by atomic mass is 10.1. The average molecular weight is 369 g/mol. The van der Waals surface area contributed by atoms with Gasteiger partial charge >= 0.3 is 0 Å². The number of aryl methyl sites for hydroxylation is 1. The molecule has 2 aromatic rings. The van der Waals surface area contributed by atoms with Crippen LogP contribution in [0.1, 0.15) is 16.7 Å². The molecule has 0 aromatic heterocycles. The van der Waals surface area contributed by atoms with E-state index in [4.69, 9.17) is 21.7 Å². The molecule has 0 radical (unpaired) electrons. The van der Waals surface area contributed by atoms with Gasteiger partial charge in [0.1, 0.15) is 6.61 Å². The molecule has 0 bridgehead atoms. The Morgan fingerprint density at radius 3 is 2.81 bits per heavy atom. The first-order valence-corrected chi connectivity index (χ1v) is 8.57. The first-order valence-electron chi connectivity index (χ1n) is 8.16. The molecular weight excluding hydrogens is 346 g/mol. The highest BCUT2D eigenvalue weighted by atomic mass is 32.1. The smallest absolute Gasteiger partial charge is 0.187 e. The van der Waals surface area contributed by atoms with Crippen LogP contribution in [0.5, 0.6) is 11.5 Å². The van der Waals surface area contributed by atoms with Gasteiger partial charge in [0, 0.05) is 6.54 Å². The van der Waals surface area contributed by atoms with Gasteiger partial charge in [0.15, 0.2) is 16.6 Å². The molecule has 2 aromatic carbocycles. The zero-order valence-electron chi connectivity index (χ0n) is 15.0. The molecular formula is C20H23N3O2S. The van der Waals surface area contributed by atoms with E-state index in [2.05, 4.69) is 41.5 Å². The highest BCUT2D eigenvalue weighted by Crippen LogP contribution is 2.28. The molecule has 0 aliphatic rings. The van der Waals surface area contributed by atoms with Crippen LogP contribution in [0.3, 0.4) is 0 Å². The minimum Gasteiger partial charge on any atom is -0.493 e. The maximum absolute atomic E-state index is 5.89. The lowest BCUT2D eigenvalue weighted by Gasteiger charge is -2.11. The Morgan fingerprint density at radius 1 is 1.23 bits per heavy atom. The van der Waals surface area contributed by atoms with Crippen molar-refractivity contribution in [2.45, 2.75) is 13.5 Å². The molecule has 0 saturated carbocycles. The molecule has 6 heteroatoms. The standard InChI is InChI=1S/C20H23N3O2S/c1-4-10-21-20(26)23-22-13-16-8-9-18(19(12-16)24-3)25-14-17-7-5-6-15(2)11-17/h4-9,11-13H,1,10,14H2,2-3H3,(H2,21,23,26). The number of ether oxygens (including phenoxy) is 2. The molecule has 2 N–H and O–H groups in total. The monoisotopic (exact) mass is 369 g/mol. The van der Waals surface area contributed by atoms with Gasteiger partial charge < -0.3 is 14.8 Å². The van der Waals surface area contributed by atoms with Crippen LogP contribution in [0.2, 0.25) is 0 Å². The third-order valence-electron chi connectivity index (χ3n) is 3.45. The van der Waals surface area contributed by atoms with Gasteiger partial charge in [0.25, 0.3) is 0 Å². The Bertz CT molecular complexity index is 790. The van der Waals surface area contributed by atoms with Gasteiger partial charge in [-0.3, -0.25) is 5.43 Å². The minimum atomic E-state index is 0.436. The highest BCUT2D eigenvalue weighted by molar-refractivity contribution is 7.80. The summed E-state index contributed by atoms with van der Waals surface area (Å²) >= 11 is 5.07. The largest absolute Gasteiger partial charge is 0.493 e. The van der Waals surface area contributed by atoms with Crippen molar-refractivity contribution in [1.82, 2.24) is 10.7 Å². The van der Waals surface area contributed by atoms with Gasteiger partial charge in [-0.25, -0.2) is 0 Å². The molecule has 0 unspecified atom stereocenters. The van der Waals surface area contributed by atoms with Gasteiger partial charge in [-0.15, -0.1) is 6.58 Å². The molecule has 0 fully saturated rings. The Kier molecular flexibility index (Phi) is 7.64. The van der Waals surface area contributed by atoms with Crippen LogP contribution in [0, 0.1) is 6.92 Å². The summed E-state index contributed by atoms with van der Waals surface area (Å²) in [6, 6.07) is 13.8. The topological polar surface area (TPSA) is 54.9 Å². The van der Waals surface area contributed by atoms with Crippen molar-refractivity contribution < 1.29 is 9.47 Å². The van der Waals surface area contributed by atoms with Crippen molar-refractivity contribution in [2.24, 2.45) is 5.10 Å². The average Bonchev–Trinajstić information content (AvgIpc) is 2.65. The summed E-state index contributed by atoms with van der Waals surface area (Å²) in [6.07, 6.45) is 3.38. The fraction of sp³-hybridized carbons (Fsp3) is 0.200. The number of hydrogen-bond donors (Lipinski definition) is 2. The van der Waals surface area contributed by atoms with E-state index >= 15 is 0 Å². The van der Waals surface area contributed by atoms with E-state index in [0.717, 1.165) is 11.1 Å². The third-order valence-corrected chi connectivity index (χ3v) is 3.69. The number of methoxy groups -OCH3 is 1. The minimum absolute atomic E-state index is 0.436. The molecule has 0 atom stereocenters. The first kappa shape index (κ1) is 19.5. The summed E-state index contributed by atoms with van der Waals surface area (Å²) in [4.78, 5) is 0. The second-order valence-electron chi connectivity index (χ2n) is 5.56. The lowest BCUT2D eigenvalue weighted by Crippen LogP contribution is -2.31. The number of hydrazone groups is 1. The number of nitrogens with one attached hydrogen (secondary N) is 2. The van der Waals surface area contributed by atoms with E-state index in [-0.39, 0.29) is 0 Å². The molecule has 136 valence electrons. The quantitative estimate of drug-likeness (QED) is 0.322. The van der Waals surface area contributed by atoms with Gasteiger partial charge in [-0.05, 0) is 48.5 Å². The van der Waals surface area contributed by atoms with Crippen LogP contribution in [-0.4, -0.2) is 25.0 Å². The van der Waals surface area contributed by atoms with E-state index in [0.29, 0.717) is 29.8 Å². The van der Waals surface area contributed by atoms with Gasteiger partial charge in [0.05, 0.1) is 13.3 Å². The van der Waals surface area contributed by atoms with Crippen molar-refractivity contribution >= 4 is 23.5 Å². The Labute approximate surface area is 159 Å². The summed E-state index contributed by atoms with van der Waals surface area (Å²) in [6.45, 7) is 6.74. The SMILES string of the molecule is C=CCNC(=S)NN=Cc1ccc(OCc2cccc(C)c2)c(OC)c1. The summed E-state index contributed by atoms with van der Waals surface area (Å²) in [7, 11) is 1.61. The molecule has 0 amide bonds. The van der Waals surface area contributed by atoms with Gasteiger partial charge in [0.2, 0.25) is 0 Å². The van der Waals surface area contributed by atoms with Crippen molar-refractivity contribution in [2.75, 3.05) is 13.7 Å². The number of nitrogens with zero attached hydrogens (tertiary/aromatic N) is 1. The second-order valence-corrected chi connectivity index (χ2v) is 5.96. The first-order chi connectivity index (χ1) is 12.6. The van der Waals surface area contributed by atoms with E-state index in [1.54, 1.807) is 19.4 Å². The maximum atomic E-state index is 5.89. The van der Waals surface area contributed by atoms with E-state index < -0.39 is 0 Å². The lowest BCUT2D eigenvalue weighted by molar-refractivity contribution is 0.284. The zero-order chi connectivity index (χ0) is 18.8. The molecule has 0 aliphatic carbocycles. The highest BCUT2D eigenvalue weighted by Gasteiger charge is 2.06. The molecule has 2 rings (SSSR count). The number of benzene rings is 2. The van der Waals surface area contributed by atoms with E-state index in [1.165, 1.54) is 5.56 Å². The molecule has 0 spiro atoms. The summed E-state index contributed by atoms with van der Waals surface area (Å²) in [5, 5.41) is 7.46. The number of thiocarbonyl (C=S) groups is 1. The predicted molar refractivity (Wildman–Crippen MR) is 110 cm³/mol. The van der Waals surface area contributed by atoms with Crippen LogP contribution in [-0.2, 0) is 6.61 Å². The molecule has 0 aliphatic heterocycles. The van der Waals surface area contributed by atoms with Crippen molar-refractivity contribution in [3.63, 3.8) is 0 Å². The normalized spacial score (nSPS) is 10.4. The van der Waals surface area contributed by atoms with Crippen LogP contribution in [0.4, 0.5) is 0 Å². The predicted octanol–water partition coefficient (Wildman–Crippen LogP) is 3.57. The molecule has 26 heavy (non-hydrogen) atoms. The van der Waals surface area contributed by atoms with Crippen LogP contribution >= 0.6 is 12.2 Å². The Balaban J connectivity index is 1.98. The zero-order valence-corrected chi connectivity index (χ0v) is 15.8. The fourth-order valence-electron chi connectivity index (χ4n) is 2.22.